The van der Waals surface area contributed by atoms with Crippen LogP contribution in [0.2, 0.25) is 0 Å². The SMILES string of the molecule is Cc1cc(F)ccc1S(=O)(=O)NCC1CCN(Cc2ccncc2)CC1. The molecule has 140 valence electrons. The van der Waals surface area contributed by atoms with Crippen LogP contribution in [0.5, 0.6) is 0 Å². The molecule has 0 spiro atoms. The summed E-state index contributed by atoms with van der Waals surface area (Å²) in [6.45, 7) is 4.82. The largest absolute Gasteiger partial charge is 0.299 e. The van der Waals surface area contributed by atoms with Crippen molar-refractivity contribution in [2.45, 2.75) is 31.2 Å². The summed E-state index contributed by atoms with van der Waals surface area (Å²) in [5.41, 5.74) is 1.66. The van der Waals surface area contributed by atoms with E-state index in [0.717, 1.165) is 32.5 Å². The number of aryl methyl sites for hydroxylation is 1. The smallest absolute Gasteiger partial charge is 0.240 e. The fourth-order valence-electron chi connectivity index (χ4n) is 3.31. The van der Waals surface area contributed by atoms with Crippen molar-refractivity contribution >= 4 is 10.0 Å². The van der Waals surface area contributed by atoms with Crippen LogP contribution in [0.1, 0.15) is 24.0 Å². The zero-order valence-electron chi connectivity index (χ0n) is 14.9. The van der Waals surface area contributed by atoms with Crippen LogP contribution in [0.3, 0.4) is 0 Å². The van der Waals surface area contributed by atoms with Crippen molar-refractivity contribution in [1.29, 1.82) is 0 Å². The Morgan fingerprint density at radius 2 is 1.88 bits per heavy atom. The van der Waals surface area contributed by atoms with E-state index in [1.54, 1.807) is 19.3 Å². The second-order valence-corrected chi connectivity index (χ2v) is 8.57. The van der Waals surface area contributed by atoms with Gasteiger partial charge in [0.1, 0.15) is 5.82 Å². The highest BCUT2D eigenvalue weighted by Crippen LogP contribution is 2.20. The first-order valence-corrected chi connectivity index (χ1v) is 10.3. The van der Waals surface area contributed by atoms with Gasteiger partial charge in [-0.2, -0.15) is 0 Å². The molecule has 1 aliphatic heterocycles. The fourth-order valence-corrected chi connectivity index (χ4v) is 4.66. The second kappa shape index (κ2) is 8.24. The molecule has 0 atom stereocenters. The fraction of sp³-hybridized carbons (Fsp3) is 0.421. The van der Waals surface area contributed by atoms with E-state index in [4.69, 9.17) is 0 Å². The standard InChI is InChI=1S/C19H24FN3O2S/c1-15-12-18(20)2-3-19(15)26(24,25)22-13-16-6-10-23(11-7-16)14-17-4-8-21-9-5-17/h2-5,8-9,12,16,22H,6-7,10-11,13-14H2,1H3. The van der Waals surface area contributed by atoms with Gasteiger partial charge in [-0.15, -0.1) is 0 Å². The van der Waals surface area contributed by atoms with Crippen LogP contribution in [0.4, 0.5) is 4.39 Å². The van der Waals surface area contributed by atoms with Crippen LogP contribution in [0, 0.1) is 18.7 Å². The first kappa shape index (κ1) is 18.9. The van der Waals surface area contributed by atoms with Crippen LogP contribution in [0.15, 0.2) is 47.6 Å². The molecule has 0 radical (unpaired) electrons. The molecule has 1 aromatic heterocycles. The molecule has 0 aliphatic carbocycles. The molecule has 26 heavy (non-hydrogen) atoms. The van der Waals surface area contributed by atoms with Gasteiger partial charge in [-0.1, -0.05) is 0 Å². The Labute approximate surface area is 154 Å². The van der Waals surface area contributed by atoms with E-state index in [9.17, 15) is 12.8 Å². The quantitative estimate of drug-likeness (QED) is 0.841. The second-order valence-electron chi connectivity index (χ2n) is 6.84. The van der Waals surface area contributed by atoms with E-state index in [-0.39, 0.29) is 4.90 Å². The Balaban J connectivity index is 1.50. The Hall–Kier alpha value is -1.83. The Bertz CT molecular complexity index is 835. The first-order chi connectivity index (χ1) is 12.4. The number of hydrogen-bond acceptors (Lipinski definition) is 4. The predicted octanol–water partition coefficient (Wildman–Crippen LogP) is 2.72. The number of rotatable bonds is 6. The van der Waals surface area contributed by atoms with Gasteiger partial charge in [0.05, 0.1) is 4.90 Å². The topological polar surface area (TPSA) is 62.3 Å². The molecule has 1 aliphatic rings. The van der Waals surface area contributed by atoms with E-state index in [1.807, 2.05) is 12.1 Å². The van der Waals surface area contributed by atoms with Crippen molar-refractivity contribution in [1.82, 2.24) is 14.6 Å². The number of pyridine rings is 1. The maximum atomic E-state index is 13.2. The summed E-state index contributed by atoms with van der Waals surface area (Å²) in [6.07, 6.45) is 5.51. The van der Waals surface area contributed by atoms with E-state index in [2.05, 4.69) is 14.6 Å². The number of nitrogens with one attached hydrogen (secondary N) is 1. The minimum absolute atomic E-state index is 0.147. The van der Waals surface area contributed by atoms with Gasteiger partial charge in [-0.3, -0.25) is 9.88 Å². The molecule has 7 heteroatoms. The minimum Gasteiger partial charge on any atom is -0.299 e. The number of hydrogen-bond donors (Lipinski definition) is 1. The van der Waals surface area contributed by atoms with Crippen molar-refractivity contribution in [2.24, 2.45) is 5.92 Å². The zero-order chi connectivity index (χ0) is 18.6. The molecule has 2 aromatic rings. The van der Waals surface area contributed by atoms with Crippen LogP contribution >= 0.6 is 0 Å². The van der Waals surface area contributed by atoms with Crippen molar-refractivity contribution < 1.29 is 12.8 Å². The third kappa shape index (κ3) is 4.87. The first-order valence-electron chi connectivity index (χ1n) is 8.81. The lowest BCUT2D eigenvalue weighted by molar-refractivity contribution is 0.178. The average molecular weight is 377 g/mol. The molecule has 5 nitrogen and oxygen atoms in total. The van der Waals surface area contributed by atoms with Gasteiger partial charge in [0.2, 0.25) is 10.0 Å². The Morgan fingerprint density at radius 1 is 1.19 bits per heavy atom. The van der Waals surface area contributed by atoms with Gasteiger partial charge in [-0.05, 0) is 80.2 Å². The summed E-state index contributed by atoms with van der Waals surface area (Å²) in [5.74, 6) is -0.109. The van der Waals surface area contributed by atoms with Crippen LogP contribution < -0.4 is 4.72 Å². The van der Waals surface area contributed by atoms with E-state index < -0.39 is 15.8 Å². The molecule has 1 saturated heterocycles. The molecule has 1 fully saturated rings. The summed E-state index contributed by atoms with van der Waals surface area (Å²) >= 11 is 0. The van der Waals surface area contributed by atoms with Gasteiger partial charge in [0.25, 0.3) is 0 Å². The number of nitrogens with zero attached hydrogens (tertiary/aromatic N) is 2. The maximum Gasteiger partial charge on any atom is 0.240 e. The number of halogens is 1. The molecule has 0 saturated carbocycles. The highest BCUT2D eigenvalue weighted by Gasteiger charge is 2.23. The van der Waals surface area contributed by atoms with E-state index in [1.165, 1.54) is 23.8 Å². The summed E-state index contributed by atoms with van der Waals surface area (Å²) in [6, 6.07) is 7.78. The molecule has 0 amide bonds. The van der Waals surface area contributed by atoms with E-state index in [0.29, 0.717) is 18.0 Å². The lowest BCUT2D eigenvalue weighted by Crippen LogP contribution is -2.38. The lowest BCUT2D eigenvalue weighted by atomic mass is 9.97. The molecule has 0 unspecified atom stereocenters. The van der Waals surface area contributed by atoms with Crippen molar-refractivity contribution in [3.63, 3.8) is 0 Å². The monoisotopic (exact) mass is 377 g/mol. The van der Waals surface area contributed by atoms with Gasteiger partial charge < -0.3 is 0 Å². The highest BCUT2D eigenvalue weighted by molar-refractivity contribution is 7.89. The molecule has 2 heterocycles. The van der Waals surface area contributed by atoms with Crippen LogP contribution in [-0.2, 0) is 16.6 Å². The van der Waals surface area contributed by atoms with Crippen molar-refractivity contribution in [3.8, 4) is 0 Å². The summed E-state index contributed by atoms with van der Waals surface area (Å²) < 4.78 is 40.8. The Kier molecular flexibility index (Phi) is 6.01. The number of piperidine rings is 1. The van der Waals surface area contributed by atoms with Crippen molar-refractivity contribution in [3.05, 3.63) is 59.7 Å². The molecular formula is C19H24FN3O2S. The number of likely N-dealkylation sites (tertiary alicyclic amines) is 1. The van der Waals surface area contributed by atoms with Gasteiger partial charge >= 0.3 is 0 Å². The van der Waals surface area contributed by atoms with Crippen LogP contribution in [0.25, 0.3) is 0 Å². The Morgan fingerprint density at radius 3 is 2.54 bits per heavy atom. The lowest BCUT2D eigenvalue weighted by Gasteiger charge is -2.32. The molecule has 0 bridgehead atoms. The molecule has 1 aromatic carbocycles. The third-order valence-electron chi connectivity index (χ3n) is 4.85. The minimum atomic E-state index is -3.61. The molecule has 1 N–H and O–H groups in total. The number of aromatic nitrogens is 1. The van der Waals surface area contributed by atoms with Crippen LogP contribution in [-0.4, -0.2) is 37.9 Å². The summed E-state index contributed by atoms with van der Waals surface area (Å²) in [5, 5.41) is 0. The van der Waals surface area contributed by atoms with E-state index >= 15 is 0 Å². The molecular weight excluding hydrogens is 353 g/mol. The normalized spacial score (nSPS) is 16.7. The van der Waals surface area contributed by atoms with Gasteiger partial charge in [0.15, 0.2) is 0 Å². The zero-order valence-corrected chi connectivity index (χ0v) is 15.7. The maximum absolute atomic E-state index is 13.2. The van der Waals surface area contributed by atoms with Gasteiger partial charge in [-0.25, -0.2) is 17.5 Å². The van der Waals surface area contributed by atoms with Gasteiger partial charge in [0, 0.05) is 25.5 Å². The van der Waals surface area contributed by atoms with Crippen molar-refractivity contribution in [2.75, 3.05) is 19.6 Å². The summed E-state index contributed by atoms with van der Waals surface area (Å²) in [7, 11) is -3.61. The number of benzene rings is 1. The number of sulfonamides is 1. The summed E-state index contributed by atoms with van der Waals surface area (Å²) in [4.78, 5) is 6.56. The average Bonchev–Trinajstić information content (AvgIpc) is 2.62. The molecule has 3 rings (SSSR count). The third-order valence-corrected chi connectivity index (χ3v) is 6.44. The highest BCUT2D eigenvalue weighted by atomic mass is 32.2. The predicted molar refractivity (Wildman–Crippen MR) is 98.6 cm³/mol.